The molecule has 144 valence electrons. The lowest BCUT2D eigenvalue weighted by Crippen LogP contribution is -2.51. The minimum absolute atomic E-state index is 0.133. The Labute approximate surface area is 163 Å². The van der Waals surface area contributed by atoms with Crippen LogP contribution in [0.5, 0.6) is 0 Å². The van der Waals surface area contributed by atoms with E-state index in [2.05, 4.69) is 17.0 Å². The molecule has 0 saturated carbocycles. The van der Waals surface area contributed by atoms with Crippen LogP contribution >= 0.6 is 0 Å². The molecular formula is C21H22N4O3. The fraction of sp³-hybridized carbons (Fsp3) is 0.286. The lowest BCUT2D eigenvalue weighted by atomic mass is 10.2. The Kier molecular flexibility index (Phi) is 4.83. The number of imide groups is 2. The first-order valence-corrected chi connectivity index (χ1v) is 9.33. The first kappa shape index (κ1) is 18.2. The summed E-state index contributed by atoms with van der Waals surface area (Å²) in [5.74, 6) is -1.56. The van der Waals surface area contributed by atoms with Crippen molar-refractivity contribution in [3.8, 4) is 0 Å². The quantitative estimate of drug-likeness (QED) is 0.602. The predicted octanol–water partition coefficient (Wildman–Crippen LogP) is 2.07. The van der Waals surface area contributed by atoms with E-state index in [4.69, 9.17) is 0 Å². The molecule has 7 heteroatoms. The van der Waals surface area contributed by atoms with Gasteiger partial charge in [0.05, 0.1) is 12.4 Å². The van der Waals surface area contributed by atoms with E-state index in [0.717, 1.165) is 34.1 Å². The largest absolute Gasteiger partial charge is 0.369 e. The number of hydrogen-bond donors (Lipinski definition) is 0. The molecule has 0 atom stereocenters. The Morgan fingerprint density at radius 1 is 0.750 bits per heavy atom. The molecule has 0 unspecified atom stereocenters. The number of urea groups is 1. The van der Waals surface area contributed by atoms with Gasteiger partial charge in [-0.3, -0.25) is 14.5 Å². The summed E-state index contributed by atoms with van der Waals surface area (Å²) in [6, 6.07) is 16.6. The third kappa shape index (κ3) is 3.36. The fourth-order valence-electron chi connectivity index (χ4n) is 3.54. The summed E-state index contributed by atoms with van der Waals surface area (Å²) in [5, 5.41) is 0. The van der Waals surface area contributed by atoms with Gasteiger partial charge >= 0.3 is 17.8 Å². The third-order valence-corrected chi connectivity index (χ3v) is 5.18. The molecule has 2 aromatic carbocycles. The number of para-hydroxylation sites is 1. The van der Waals surface area contributed by atoms with E-state index >= 15 is 0 Å². The minimum Gasteiger partial charge on any atom is -0.369 e. The van der Waals surface area contributed by atoms with Crippen LogP contribution in [0, 0.1) is 6.92 Å². The summed E-state index contributed by atoms with van der Waals surface area (Å²) in [5.41, 5.74) is 2.60. The van der Waals surface area contributed by atoms with Crippen molar-refractivity contribution in [2.45, 2.75) is 6.92 Å². The zero-order valence-electron chi connectivity index (χ0n) is 15.7. The molecule has 2 aliphatic rings. The molecule has 0 bridgehead atoms. The second-order valence-corrected chi connectivity index (χ2v) is 7.07. The number of carbonyl (C=O) groups is 3. The number of piperazine rings is 1. The molecule has 2 heterocycles. The Bertz CT molecular complexity index is 890. The van der Waals surface area contributed by atoms with Crippen LogP contribution < -0.4 is 9.80 Å². The summed E-state index contributed by atoms with van der Waals surface area (Å²) in [6.07, 6.45) is 0. The first-order chi connectivity index (χ1) is 13.5. The maximum absolute atomic E-state index is 12.7. The van der Waals surface area contributed by atoms with Gasteiger partial charge in [0.25, 0.3) is 0 Å². The van der Waals surface area contributed by atoms with Crippen LogP contribution in [0.4, 0.5) is 16.2 Å². The standard InChI is InChI=1S/C21H22N4O3/c1-16-7-9-18(10-8-16)25-20(27)19(26)24(21(25)28)15-22-11-13-23(14-12-22)17-5-3-2-4-6-17/h2-10H,11-15H2,1H3. The molecule has 7 nitrogen and oxygen atoms in total. The molecule has 0 radical (unpaired) electrons. The average molecular weight is 378 g/mol. The van der Waals surface area contributed by atoms with Crippen molar-refractivity contribution in [1.82, 2.24) is 9.80 Å². The van der Waals surface area contributed by atoms with Crippen LogP contribution in [-0.2, 0) is 9.59 Å². The normalized spacial score (nSPS) is 18.3. The van der Waals surface area contributed by atoms with Gasteiger partial charge in [-0.1, -0.05) is 35.9 Å². The van der Waals surface area contributed by atoms with Gasteiger partial charge in [-0.05, 0) is 31.2 Å². The van der Waals surface area contributed by atoms with Crippen molar-refractivity contribution in [2.75, 3.05) is 42.6 Å². The number of benzene rings is 2. The van der Waals surface area contributed by atoms with Gasteiger partial charge < -0.3 is 4.90 Å². The zero-order chi connectivity index (χ0) is 19.7. The van der Waals surface area contributed by atoms with Crippen molar-refractivity contribution >= 4 is 29.2 Å². The fourth-order valence-corrected chi connectivity index (χ4v) is 3.54. The van der Waals surface area contributed by atoms with E-state index in [1.165, 1.54) is 0 Å². The van der Waals surface area contributed by atoms with Gasteiger partial charge in [0, 0.05) is 31.9 Å². The number of amides is 4. The van der Waals surface area contributed by atoms with E-state index in [-0.39, 0.29) is 6.67 Å². The smallest absolute Gasteiger partial charge is 0.340 e. The van der Waals surface area contributed by atoms with Crippen LogP contribution in [-0.4, -0.2) is 60.5 Å². The van der Waals surface area contributed by atoms with Crippen LogP contribution in [0.25, 0.3) is 0 Å². The van der Waals surface area contributed by atoms with Crippen molar-refractivity contribution in [2.24, 2.45) is 0 Å². The molecule has 2 fully saturated rings. The molecule has 2 saturated heterocycles. The molecule has 0 N–H and O–H groups in total. The Balaban J connectivity index is 1.41. The molecule has 0 aromatic heterocycles. The Morgan fingerprint density at radius 3 is 2.04 bits per heavy atom. The topological polar surface area (TPSA) is 64.2 Å². The predicted molar refractivity (Wildman–Crippen MR) is 106 cm³/mol. The van der Waals surface area contributed by atoms with E-state index in [1.54, 1.807) is 12.1 Å². The van der Waals surface area contributed by atoms with Gasteiger partial charge in [-0.2, -0.15) is 0 Å². The van der Waals surface area contributed by atoms with Gasteiger partial charge in [-0.15, -0.1) is 0 Å². The summed E-state index contributed by atoms with van der Waals surface area (Å²) in [7, 11) is 0. The van der Waals surface area contributed by atoms with E-state index in [0.29, 0.717) is 18.8 Å². The lowest BCUT2D eigenvalue weighted by molar-refractivity contribution is -0.140. The highest BCUT2D eigenvalue weighted by Crippen LogP contribution is 2.23. The van der Waals surface area contributed by atoms with Crippen molar-refractivity contribution in [3.05, 3.63) is 60.2 Å². The molecule has 28 heavy (non-hydrogen) atoms. The minimum atomic E-state index is -0.795. The Hall–Kier alpha value is -3.19. The molecule has 0 aliphatic carbocycles. The maximum Gasteiger partial charge on any atom is 0.340 e. The van der Waals surface area contributed by atoms with Crippen LogP contribution in [0.2, 0.25) is 0 Å². The van der Waals surface area contributed by atoms with Crippen LogP contribution in [0.1, 0.15) is 5.56 Å². The van der Waals surface area contributed by atoms with E-state index < -0.39 is 17.8 Å². The number of nitrogens with zero attached hydrogens (tertiary/aromatic N) is 4. The van der Waals surface area contributed by atoms with Gasteiger partial charge in [0.2, 0.25) is 0 Å². The van der Waals surface area contributed by atoms with Crippen molar-refractivity contribution < 1.29 is 14.4 Å². The van der Waals surface area contributed by atoms with Crippen LogP contribution in [0.3, 0.4) is 0 Å². The number of hydrogen-bond acceptors (Lipinski definition) is 5. The highest BCUT2D eigenvalue weighted by Gasteiger charge is 2.46. The molecule has 2 aliphatic heterocycles. The number of aryl methyl sites for hydroxylation is 1. The second-order valence-electron chi connectivity index (χ2n) is 7.07. The summed E-state index contributed by atoms with van der Waals surface area (Å²) in [6.45, 7) is 5.08. The summed E-state index contributed by atoms with van der Waals surface area (Å²) in [4.78, 5) is 43.8. The van der Waals surface area contributed by atoms with Gasteiger partial charge in [-0.25, -0.2) is 14.6 Å². The molecule has 4 rings (SSSR count). The van der Waals surface area contributed by atoms with Crippen LogP contribution in [0.15, 0.2) is 54.6 Å². The molecule has 0 spiro atoms. The SMILES string of the molecule is Cc1ccc(N2C(=O)C(=O)N(CN3CCN(c4ccccc4)CC3)C2=O)cc1. The number of carbonyl (C=O) groups excluding carboxylic acids is 3. The van der Waals surface area contributed by atoms with E-state index in [9.17, 15) is 14.4 Å². The van der Waals surface area contributed by atoms with Gasteiger partial charge in [0.1, 0.15) is 0 Å². The van der Waals surface area contributed by atoms with Crippen molar-refractivity contribution in [1.29, 1.82) is 0 Å². The molecule has 2 aromatic rings. The molecule has 4 amide bonds. The zero-order valence-corrected chi connectivity index (χ0v) is 15.7. The third-order valence-electron chi connectivity index (χ3n) is 5.18. The molecular weight excluding hydrogens is 356 g/mol. The first-order valence-electron chi connectivity index (χ1n) is 9.33. The average Bonchev–Trinajstić information content (AvgIpc) is 2.93. The maximum atomic E-state index is 12.7. The summed E-state index contributed by atoms with van der Waals surface area (Å²) < 4.78 is 0. The number of rotatable bonds is 4. The highest BCUT2D eigenvalue weighted by molar-refractivity contribution is 6.52. The van der Waals surface area contributed by atoms with Gasteiger partial charge in [0.15, 0.2) is 0 Å². The van der Waals surface area contributed by atoms with Crippen molar-refractivity contribution in [3.63, 3.8) is 0 Å². The lowest BCUT2D eigenvalue weighted by Gasteiger charge is -2.37. The number of anilines is 2. The second kappa shape index (κ2) is 7.44. The highest BCUT2D eigenvalue weighted by atomic mass is 16.2. The Morgan fingerprint density at radius 2 is 1.39 bits per heavy atom. The van der Waals surface area contributed by atoms with E-state index in [1.807, 2.05) is 42.2 Å². The summed E-state index contributed by atoms with van der Waals surface area (Å²) >= 11 is 0. The monoisotopic (exact) mass is 378 g/mol.